The van der Waals surface area contributed by atoms with E-state index in [0.717, 1.165) is 11.1 Å². The van der Waals surface area contributed by atoms with Gasteiger partial charge in [0.2, 0.25) is 29.5 Å². The van der Waals surface area contributed by atoms with E-state index in [1.54, 1.807) is 34.6 Å². The van der Waals surface area contributed by atoms with Crippen LogP contribution < -0.4 is 31.9 Å². The number of likely N-dealkylation sites (tertiary alicyclic amines) is 1. The second kappa shape index (κ2) is 25.4. The summed E-state index contributed by atoms with van der Waals surface area (Å²) in [6.45, 7) is 20.5. The van der Waals surface area contributed by atoms with Crippen LogP contribution in [-0.4, -0.2) is 123 Å². The maximum Gasteiger partial charge on any atom is 0.408 e. The lowest BCUT2D eigenvalue weighted by Gasteiger charge is -2.51. The van der Waals surface area contributed by atoms with Crippen molar-refractivity contribution < 1.29 is 48.2 Å². The summed E-state index contributed by atoms with van der Waals surface area (Å²) >= 11 is 0. The largest absolute Gasteiger partial charge is 0.445 e. The van der Waals surface area contributed by atoms with Crippen LogP contribution in [-0.2, 0) is 46.5 Å². The van der Waals surface area contributed by atoms with E-state index in [-0.39, 0.29) is 50.9 Å². The number of hydrogen-bond donors (Lipinski definition) is 7. The average Bonchev–Trinajstić information content (AvgIpc) is 3.77. The fourth-order valence-electron chi connectivity index (χ4n) is 9.24. The lowest BCUT2D eigenvalue weighted by molar-refractivity contribution is -0.246. The fourth-order valence-corrected chi connectivity index (χ4v) is 9.24. The zero-order chi connectivity index (χ0) is 52.0. The van der Waals surface area contributed by atoms with Crippen LogP contribution in [0.15, 0.2) is 60.7 Å². The summed E-state index contributed by atoms with van der Waals surface area (Å²) in [5.74, 6) is -3.21. The monoisotopic (exact) mass is 977 g/mol. The molecule has 0 radical (unpaired) electrons. The van der Waals surface area contributed by atoms with Crippen LogP contribution in [0, 0.1) is 11.8 Å². The lowest BCUT2D eigenvalue weighted by atomic mass is 9.79. The van der Waals surface area contributed by atoms with Crippen molar-refractivity contribution in [2.24, 2.45) is 11.8 Å². The minimum atomic E-state index is -1.20. The summed E-state index contributed by atoms with van der Waals surface area (Å²) in [5.41, 5.74) is -0.487. The Morgan fingerprint density at radius 2 is 1.33 bits per heavy atom. The van der Waals surface area contributed by atoms with Crippen molar-refractivity contribution in [2.75, 3.05) is 13.1 Å². The Morgan fingerprint density at radius 3 is 1.90 bits per heavy atom. The summed E-state index contributed by atoms with van der Waals surface area (Å²) in [6.07, 6.45) is 1.02. The third-order valence-electron chi connectivity index (χ3n) is 12.5. The molecule has 2 fully saturated rings. The van der Waals surface area contributed by atoms with Gasteiger partial charge in [0.15, 0.2) is 0 Å². The number of carbonyl (C=O) groups is 7. The highest BCUT2D eigenvalue weighted by molar-refractivity contribution is 5.96. The van der Waals surface area contributed by atoms with Gasteiger partial charge < -0.3 is 51.5 Å². The Balaban J connectivity index is 1.51. The first-order valence-corrected chi connectivity index (χ1v) is 24.8. The molecule has 7 N–H and O–H groups in total. The number of benzene rings is 2. The minimum Gasteiger partial charge on any atom is -0.445 e. The van der Waals surface area contributed by atoms with Gasteiger partial charge in [0.25, 0.3) is 0 Å². The molecule has 0 unspecified atom stereocenters. The van der Waals surface area contributed by atoms with E-state index >= 15 is 0 Å². The third kappa shape index (κ3) is 17.6. The van der Waals surface area contributed by atoms with E-state index in [9.17, 15) is 38.8 Å². The molecule has 18 nitrogen and oxygen atoms in total. The summed E-state index contributed by atoms with van der Waals surface area (Å²) in [7, 11) is 0. The first-order valence-electron chi connectivity index (χ1n) is 24.8. The maximum absolute atomic E-state index is 14.4. The zero-order valence-corrected chi connectivity index (χ0v) is 43.2. The van der Waals surface area contributed by atoms with Crippen LogP contribution in [0.2, 0.25) is 0 Å². The van der Waals surface area contributed by atoms with Crippen molar-refractivity contribution >= 4 is 41.7 Å². The summed E-state index contributed by atoms with van der Waals surface area (Å²) in [6, 6.07) is 12.7. The third-order valence-corrected chi connectivity index (χ3v) is 12.5. The first-order chi connectivity index (χ1) is 32.8. The fraction of sp³-hybridized carbons (Fsp3) is 0.635. The van der Waals surface area contributed by atoms with Gasteiger partial charge >= 0.3 is 12.2 Å². The molecule has 18 heteroatoms. The van der Waals surface area contributed by atoms with Crippen LogP contribution in [0.5, 0.6) is 0 Å². The highest BCUT2D eigenvalue weighted by Gasteiger charge is 2.46. The SMILES string of the molecule is CC(C)C[C@H](NC(=O)[C@H](CCCNC(=O)OCc1ccccc1)NC(=O)[C@@H](NC(=O)[C@@H]1CCCN1C(=O)[C@@H](Cc1ccccc1)NC(=O)OC(C)(C)C)C(C)C)C(=O)NC1CC(C)(C)N(O)C(C)(C)C1. The molecule has 70 heavy (non-hydrogen) atoms. The molecule has 2 aliphatic heterocycles. The van der Waals surface area contributed by atoms with Crippen LogP contribution in [0.4, 0.5) is 9.59 Å². The smallest absolute Gasteiger partial charge is 0.408 e. The molecule has 0 bridgehead atoms. The molecule has 2 heterocycles. The van der Waals surface area contributed by atoms with Crippen molar-refractivity contribution in [3.63, 3.8) is 0 Å². The van der Waals surface area contributed by atoms with Crippen molar-refractivity contribution in [1.29, 1.82) is 0 Å². The molecule has 0 aromatic heterocycles. The van der Waals surface area contributed by atoms with E-state index in [1.807, 2.05) is 102 Å². The van der Waals surface area contributed by atoms with Crippen LogP contribution in [0.3, 0.4) is 0 Å². The quantitative estimate of drug-likeness (QED) is 0.0771. The van der Waals surface area contributed by atoms with Gasteiger partial charge in [0, 0.05) is 36.6 Å². The first kappa shape index (κ1) is 56.8. The Bertz CT molecular complexity index is 2060. The van der Waals surface area contributed by atoms with Crippen LogP contribution in [0.1, 0.15) is 132 Å². The van der Waals surface area contributed by atoms with E-state index in [4.69, 9.17) is 9.47 Å². The summed E-state index contributed by atoms with van der Waals surface area (Å²) in [4.78, 5) is 98.2. The Hall–Kier alpha value is -5.75. The molecule has 2 aromatic rings. The summed E-state index contributed by atoms with van der Waals surface area (Å²) < 4.78 is 10.8. The predicted octanol–water partition coefficient (Wildman–Crippen LogP) is 5.50. The lowest BCUT2D eigenvalue weighted by Crippen LogP contribution is -2.64. The Morgan fingerprint density at radius 1 is 0.743 bits per heavy atom. The highest BCUT2D eigenvalue weighted by Crippen LogP contribution is 2.36. The highest BCUT2D eigenvalue weighted by atomic mass is 16.6. The zero-order valence-electron chi connectivity index (χ0n) is 43.2. The maximum atomic E-state index is 14.4. The number of piperidine rings is 1. The molecule has 0 saturated carbocycles. The number of carbonyl (C=O) groups excluding carboxylic acids is 7. The topological polar surface area (TPSA) is 237 Å². The molecular weight excluding hydrogens is 897 g/mol. The minimum absolute atomic E-state index is 0.00774. The molecule has 2 saturated heterocycles. The number of hydroxylamine groups is 2. The normalized spacial score (nSPS) is 18.7. The van der Waals surface area contributed by atoms with Gasteiger partial charge in [-0.2, -0.15) is 5.06 Å². The molecule has 4 rings (SSSR count). The van der Waals surface area contributed by atoms with Crippen molar-refractivity contribution in [3.05, 3.63) is 71.8 Å². The number of nitrogens with one attached hydrogen (secondary N) is 6. The number of amides is 7. The van der Waals surface area contributed by atoms with Gasteiger partial charge in [-0.3, -0.25) is 24.0 Å². The van der Waals surface area contributed by atoms with Crippen molar-refractivity contribution in [3.8, 4) is 0 Å². The number of hydrogen-bond acceptors (Lipinski definition) is 11. The molecule has 388 valence electrons. The van der Waals surface area contributed by atoms with Gasteiger partial charge in [-0.15, -0.1) is 0 Å². The van der Waals surface area contributed by atoms with E-state index in [0.29, 0.717) is 32.1 Å². The van der Waals surface area contributed by atoms with Crippen LogP contribution in [0.25, 0.3) is 0 Å². The average molecular weight is 977 g/mol. The molecule has 5 atom stereocenters. The molecule has 0 spiro atoms. The molecule has 7 amide bonds. The molecule has 2 aromatic carbocycles. The number of alkyl carbamates (subject to hydrolysis) is 2. The molecular formula is C52H80N8O10. The van der Waals surface area contributed by atoms with Gasteiger partial charge in [-0.05, 0) is 116 Å². The number of ether oxygens (including phenoxy) is 2. The van der Waals surface area contributed by atoms with E-state index in [1.165, 1.54) is 9.96 Å². The Kier molecular flexibility index (Phi) is 20.6. The summed E-state index contributed by atoms with van der Waals surface area (Å²) in [5, 5.41) is 29.3. The second-order valence-corrected chi connectivity index (χ2v) is 21.7. The van der Waals surface area contributed by atoms with Gasteiger partial charge in [-0.25, -0.2) is 9.59 Å². The molecule has 0 aliphatic carbocycles. The predicted molar refractivity (Wildman–Crippen MR) is 265 cm³/mol. The standard InChI is InChI=1S/C52H80N8O10/c1-33(2)28-39(44(62)54-37-30-51(8,9)60(68)52(10,11)31-37)56-43(61)38(24-18-26-53-48(66)69-32-36-22-16-13-17-23-36)55-46(64)42(34(3)4)58-45(63)41-25-19-27-59(41)47(65)40(29-35-20-14-12-15-21-35)57-49(67)70-50(5,6)7/h12-17,20-23,33-34,37-42,68H,18-19,24-32H2,1-11H3,(H,53,66)(H,54,62)(H,55,64)(H,56,61)(H,57,67)(H,58,63)/t38-,39-,40+,41-,42-/m0/s1. The van der Waals surface area contributed by atoms with E-state index < -0.39 is 94.5 Å². The second-order valence-electron chi connectivity index (χ2n) is 21.7. The van der Waals surface area contributed by atoms with Crippen molar-refractivity contribution in [1.82, 2.24) is 41.9 Å². The van der Waals surface area contributed by atoms with Gasteiger partial charge in [0.1, 0.15) is 42.4 Å². The number of nitrogens with zero attached hydrogens (tertiary/aromatic N) is 2. The molecule has 2 aliphatic rings. The van der Waals surface area contributed by atoms with E-state index in [2.05, 4.69) is 31.9 Å². The Labute approximate surface area is 414 Å². The van der Waals surface area contributed by atoms with Crippen molar-refractivity contribution in [2.45, 2.75) is 187 Å². The van der Waals surface area contributed by atoms with Gasteiger partial charge in [-0.1, -0.05) is 88.4 Å². The van der Waals surface area contributed by atoms with Crippen LogP contribution >= 0.6 is 0 Å². The van der Waals surface area contributed by atoms with Gasteiger partial charge in [0.05, 0.1) is 0 Å². The number of rotatable bonds is 21.